The summed E-state index contributed by atoms with van der Waals surface area (Å²) < 4.78 is 0. The fraction of sp³-hybridized carbons (Fsp3) is 1.00. The Morgan fingerprint density at radius 1 is 1.38 bits per heavy atom. The molecule has 1 aliphatic carbocycles. The Morgan fingerprint density at radius 3 is 2.12 bits per heavy atom. The van der Waals surface area contributed by atoms with Crippen LogP contribution in [-0.4, -0.2) is 27.2 Å². The minimum atomic E-state index is -1.79. The smallest absolute Gasteiger partial charge is 0.189 e. The van der Waals surface area contributed by atoms with Gasteiger partial charge in [0.15, 0.2) is 5.79 Å². The summed E-state index contributed by atoms with van der Waals surface area (Å²) in [5.74, 6) is -1.79. The molecule has 48 valence electrons. The number of aliphatic hydroxyl groups excluding tert-OH is 1. The van der Waals surface area contributed by atoms with Crippen molar-refractivity contribution < 1.29 is 15.3 Å². The van der Waals surface area contributed by atoms with Crippen molar-refractivity contribution >= 4 is 0 Å². The number of hydrogen-bond donors (Lipinski definition) is 3. The van der Waals surface area contributed by atoms with E-state index in [1.54, 1.807) is 0 Å². The Morgan fingerprint density at radius 2 is 2.00 bits per heavy atom. The zero-order chi connectivity index (χ0) is 6.20. The summed E-state index contributed by atoms with van der Waals surface area (Å²) >= 11 is 0. The Hall–Kier alpha value is -0.120. The summed E-state index contributed by atoms with van der Waals surface area (Å²) in [6, 6.07) is 0. The molecule has 1 atom stereocenters. The van der Waals surface area contributed by atoms with Crippen molar-refractivity contribution in [2.75, 3.05) is 0 Å². The summed E-state index contributed by atoms with van der Waals surface area (Å²) in [5, 5.41) is 26.3. The highest BCUT2D eigenvalue weighted by atomic mass is 16.5. The van der Waals surface area contributed by atoms with Gasteiger partial charge in [0.25, 0.3) is 0 Å². The predicted molar refractivity (Wildman–Crippen MR) is 27.0 cm³/mol. The normalized spacial score (nSPS) is 35.6. The molecule has 0 aliphatic heterocycles. The first-order valence-corrected chi connectivity index (χ1v) is 2.76. The van der Waals surface area contributed by atoms with Crippen LogP contribution in [0.25, 0.3) is 0 Å². The van der Waals surface area contributed by atoms with E-state index in [0.29, 0.717) is 19.3 Å². The second-order valence-electron chi connectivity index (χ2n) is 2.29. The molecule has 0 heterocycles. The van der Waals surface area contributed by atoms with Crippen LogP contribution < -0.4 is 0 Å². The maximum Gasteiger partial charge on any atom is 0.189 e. The quantitative estimate of drug-likeness (QED) is 0.365. The van der Waals surface area contributed by atoms with Crippen molar-refractivity contribution in [1.29, 1.82) is 0 Å². The maximum absolute atomic E-state index is 8.77. The van der Waals surface area contributed by atoms with Crippen LogP contribution in [0.5, 0.6) is 0 Å². The molecule has 0 radical (unpaired) electrons. The highest BCUT2D eigenvalue weighted by Crippen LogP contribution is 2.26. The van der Waals surface area contributed by atoms with Gasteiger partial charge in [0.2, 0.25) is 0 Å². The molecular formula is C5H10O3. The minimum Gasteiger partial charge on any atom is -0.388 e. The van der Waals surface area contributed by atoms with Gasteiger partial charge in [0, 0.05) is 6.42 Å². The number of rotatable bonds is 0. The second-order valence-corrected chi connectivity index (χ2v) is 2.29. The lowest BCUT2D eigenvalue weighted by Gasteiger charge is -2.17. The van der Waals surface area contributed by atoms with Gasteiger partial charge in [-0.1, -0.05) is 0 Å². The molecule has 0 aromatic carbocycles. The third-order valence-corrected chi connectivity index (χ3v) is 1.56. The van der Waals surface area contributed by atoms with Gasteiger partial charge < -0.3 is 15.3 Å². The first-order chi connectivity index (χ1) is 3.63. The van der Waals surface area contributed by atoms with Crippen molar-refractivity contribution in [2.45, 2.75) is 31.2 Å². The van der Waals surface area contributed by atoms with Gasteiger partial charge in [0.05, 0.1) is 0 Å². The molecule has 3 nitrogen and oxygen atoms in total. The molecule has 1 saturated carbocycles. The molecule has 1 unspecified atom stereocenters. The van der Waals surface area contributed by atoms with E-state index < -0.39 is 11.9 Å². The third kappa shape index (κ3) is 0.844. The van der Waals surface area contributed by atoms with Crippen molar-refractivity contribution in [1.82, 2.24) is 0 Å². The maximum atomic E-state index is 8.77. The van der Waals surface area contributed by atoms with Crippen molar-refractivity contribution in [3.8, 4) is 0 Å². The van der Waals surface area contributed by atoms with Crippen LogP contribution in [0.15, 0.2) is 0 Å². The molecule has 0 aromatic heterocycles. The van der Waals surface area contributed by atoms with Crippen molar-refractivity contribution in [3.05, 3.63) is 0 Å². The highest BCUT2D eigenvalue weighted by Gasteiger charge is 2.37. The largest absolute Gasteiger partial charge is 0.388 e. The molecule has 0 spiro atoms. The summed E-state index contributed by atoms with van der Waals surface area (Å²) in [6.07, 6.45) is 0.581. The highest BCUT2D eigenvalue weighted by molar-refractivity contribution is 4.81. The zero-order valence-electron chi connectivity index (χ0n) is 4.54. The Kier molecular flexibility index (Phi) is 1.27. The molecule has 3 heteroatoms. The Bertz CT molecular complexity index is 89.7. The van der Waals surface area contributed by atoms with E-state index >= 15 is 0 Å². The topological polar surface area (TPSA) is 60.7 Å². The molecule has 0 saturated heterocycles. The van der Waals surface area contributed by atoms with Gasteiger partial charge in [-0.2, -0.15) is 0 Å². The van der Waals surface area contributed by atoms with Gasteiger partial charge in [-0.25, -0.2) is 0 Å². The lowest BCUT2D eigenvalue weighted by molar-refractivity contribution is -0.208. The molecule has 0 aromatic rings. The molecule has 8 heavy (non-hydrogen) atoms. The first-order valence-electron chi connectivity index (χ1n) is 2.76. The fourth-order valence-electron chi connectivity index (χ4n) is 0.953. The summed E-state index contributed by atoms with van der Waals surface area (Å²) in [7, 11) is 0. The molecule has 0 bridgehead atoms. The first kappa shape index (κ1) is 6.01. The van der Waals surface area contributed by atoms with Gasteiger partial charge in [0.1, 0.15) is 6.10 Å². The number of aliphatic hydroxyl groups is 3. The van der Waals surface area contributed by atoms with Crippen molar-refractivity contribution in [2.24, 2.45) is 0 Å². The predicted octanol–water partition coefficient (Wildman–Crippen LogP) is -0.788. The Labute approximate surface area is 47.6 Å². The monoisotopic (exact) mass is 118 g/mol. The molecule has 1 fully saturated rings. The summed E-state index contributed by atoms with van der Waals surface area (Å²) in [5.41, 5.74) is 0. The van der Waals surface area contributed by atoms with E-state index in [4.69, 9.17) is 15.3 Å². The van der Waals surface area contributed by atoms with Crippen LogP contribution in [0.3, 0.4) is 0 Å². The summed E-state index contributed by atoms with van der Waals surface area (Å²) in [6.45, 7) is 0. The van der Waals surface area contributed by atoms with Crippen LogP contribution in [0.4, 0.5) is 0 Å². The average molecular weight is 118 g/mol. The van der Waals surface area contributed by atoms with E-state index in [2.05, 4.69) is 0 Å². The van der Waals surface area contributed by atoms with Crippen LogP contribution >= 0.6 is 0 Å². The Balaban J connectivity index is 2.54. The van der Waals surface area contributed by atoms with E-state index in [0.717, 1.165) is 0 Å². The van der Waals surface area contributed by atoms with E-state index in [1.807, 2.05) is 0 Å². The lowest BCUT2D eigenvalue weighted by Crippen LogP contribution is -2.36. The van der Waals surface area contributed by atoms with Gasteiger partial charge in [-0.05, 0) is 12.8 Å². The van der Waals surface area contributed by atoms with E-state index in [-0.39, 0.29) is 0 Å². The van der Waals surface area contributed by atoms with Crippen molar-refractivity contribution in [3.63, 3.8) is 0 Å². The number of hydrogen-bond acceptors (Lipinski definition) is 3. The summed E-state index contributed by atoms with van der Waals surface area (Å²) in [4.78, 5) is 0. The van der Waals surface area contributed by atoms with E-state index in [1.165, 1.54) is 0 Å². The van der Waals surface area contributed by atoms with Gasteiger partial charge in [-0.15, -0.1) is 0 Å². The molecule has 1 rings (SSSR count). The van der Waals surface area contributed by atoms with Crippen LogP contribution in [0.2, 0.25) is 0 Å². The third-order valence-electron chi connectivity index (χ3n) is 1.56. The standard InChI is InChI=1S/C5H10O3/c6-4-2-1-3-5(4,7)8/h4,6-8H,1-3H2. The SMILES string of the molecule is OC1CCCC1(O)O. The zero-order valence-corrected chi connectivity index (χ0v) is 4.54. The lowest BCUT2D eigenvalue weighted by atomic mass is 10.2. The van der Waals surface area contributed by atoms with Gasteiger partial charge in [-0.3, -0.25) is 0 Å². The van der Waals surface area contributed by atoms with Crippen LogP contribution in [-0.2, 0) is 0 Å². The van der Waals surface area contributed by atoms with Crippen LogP contribution in [0.1, 0.15) is 19.3 Å². The van der Waals surface area contributed by atoms with E-state index in [9.17, 15) is 0 Å². The van der Waals surface area contributed by atoms with Crippen LogP contribution in [0, 0.1) is 0 Å². The fourth-order valence-corrected chi connectivity index (χ4v) is 0.953. The molecule has 0 amide bonds. The van der Waals surface area contributed by atoms with Gasteiger partial charge >= 0.3 is 0 Å². The second kappa shape index (κ2) is 1.69. The average Bonchev–Trinajstić information content (AvgIpc) is 1.86. The molecular weight excluding hydrogens is 108 g/mol. The molecule has 1 aliphatic rings. The minimum absolute atomic E-state index is 0.300. The molecule has 3 N–H and O–H groups in total.